The zero-order valence-corrected chi connectivity index (χ0v) is 29.5. The second kappa shape index (κ2) is 11.5. The molecule has 4 aliphatic rings. The van der Waals surface area contributed by atoms with Crippen molar-refractivity contribution in [2.45, 2.75) is 29.8 Å². The highest BCUT2D eigenvalue weighted by molar-refractivity contribution is 9.13. The third-order valence-electron chi connectivity index (χ3n) is 8.22. The summed E-state index contributed by atoms with van der Waals surface area (Å²) in [7, 11) is -5.17. The normalized spacial score (nSPS) is 33.3. The molecule has 5 heterocycles. The molecule has 2 fully saturated rings. The SMILES string of the molecule is NC1=NC2OC3N=C(N)NC34C(OS(=O)(=O)O)C(CNC(=O)c3cc(Br)c(Br)[nH]3)C(CNC(=O)c3cc(Br)c(Br)[nH]3)C4C2(O)N1. The summed E-state index contributed by atoms with van der Waals surface area (Å²) >= 11 is 13.2. The predicted octanol–water partition coefficient (Wildman–Crippen LogP) is -0.452. The Morgan fingerprint density at radius 1 is 0.933 bits per heavy atom. The second-order valence-corrected chi connectivity index (χ2v) is 15.1. The molecule has 3 aliphatic heterocycles. The molecule has 8 atom stereocenters. The summed E-state index contributed by atoms with van der Waals surface area (Å²) in [5, 5.41) is 23.3. The van der Waals surface area contributed by atoms with E-state index in [1.54, 1.807) is 0 Å². The Morgan fingerprint density at radius 2 is 1.44 bits per heavy atom. The van der Waals surface area contributed by atoms with Gasteiger partial charge in [0.05, 0.1) is 18.2 Å². The van der Waals surface area contributed by atoms with E-state index in [-0.39, 0.29) is 36.4 Å². The van der Waals surface area contributed by atoms with Crippen LogP contribution in [0, 0.1) is 17.8 Å². The Bertz CT molecular complexity index is 1710. The van der Waals surface area contributed by atoms with Crippen molar-refractivity contribution in [3.05, 3.63) is 41.7 Å². The first-order valence-electron chi connectivity index (χ1n) is 12.9. The lowest BCUT2D eigenvalue weighted by Gasteiger charge is -2.52. The number of guanidine groups is 2. The number of carbonyl (C=O) groups excluding carboxylic acids is 2. The summed E-state index contributed by atoms with van der Waals surface area (Å²) in [4.78, 5) is 40.5. The van der Waals surface area contributed by atoms with Crippen molar-refractivity contribution in [1.82, 2.24) is 31.2 Å². The minimum atomic E-state index is -5.17. The number of hydrogen-bond acceptors (Lipinski definition) is 13. The first kappa shape index (κ1) is 32.7. The number of hydrogen-bond donors (Lipinski definition) is 10. The van der Waals surface area contributed by atoms with Crippen LogP contribution in [0.25, 0.3) is 0 Å². The molecule has 2 aromatic heterocycles. The third-order valence-corrected chi connectivity index (χ3v) is 12.2. The van der Waals surface area contributed by atoms with E-state index in [1.165, 1.54) is 12.1 Å². The van der Waals surface area contributed by atoms with Crippen LogP contribution in [-0.4, -0.2) is 94.7 Å². The van der Waals surface area contributed by atoms with E-state index in [4.69, 9.17) is 20.4 Å². The molecule has 0 radical (unpaired) electrons. The molecule has 1 aliphatic carbocycles. The predicted molar refractivity (Wildman–Crippen MR) is 170 cm³/mol. The molecular weight excluding hydrogens is 884 g/mol. The van der Waals surface area contributed by atoms with Crippen LogP contribution in [0.2, 0.25) is 0 Å². The molecule has 1 saturated heterocycles. The molecule has 23 heteroatoms. The maximum atomic E-state index is 13.2. The number of H-pyrrole nitrogens is 2. The van der Waals surface area contributed by atoms with Gasteiger partial charge in [0.15, 0.2) is 23.9 Å². The van der Waals surface area contributed by atoms with Gasteiger partial charge in [0.1, 0.15) is 23.0 Å². The number of amides is 2. The van der Waals surface area contributed by atoms with E-state index in [2.05, 4.69) is 105 Å². The fourth-order valence-electron chi connectivity index (χ4n) is 6.67. The van der Waals surface area contributed by atoms with Crippen LogP contribution in [0.4, 0.5) is 0 Å². The summed E-state index contributed by atoms with van der Waals surface area (Å²) < 4.78 is 48.0. The molecule has 0 aromatic carbocycles. The first-order chi connectivity index (χ1) is 21.0. The van der Waals surface area contributed by atoms with Gasteiger partial charge >= 0.3 is 10.4 Å². The van der Waals surface area contributed by atoms with E-state index in [0.29, 0.717) is 18.2 Å². The van der Waals surface area contributed by atoms with Crippen LogP contribution < -0.4 is 32.7 Å². The van der Waals surface area contributed by atoms with Crippen LogP contribution in [0.15, 0.2) is 40.3 Å². The van der Waals surface area contributed by atoms with Gasteiger partial charge in [-0.15, -0.1) is 0 Å². The van der Waals surface area contributed by atoms with E-state index >= 15 is 0 Å². The minimum Gasteiger partial charge on any atom is -0.370 e. The molecule has 1 spiro atoms. The van der Waals surface area contributed by atoms with Gasteiger partial charge in [-0.05, 0) is 81.8 Å². The Labute approximate surface area is 287 Å². The van der Waals surface area contributed by atoms with Crippen LogP contribution in [0.3, 0.4) is 0 Å². The average molecular weight is 908 g/mol. The topological polar surface area (TPSA) is 284 Å². The molecule has 2 amide bonds. The maximum absolute atomic E-state index is 13.2. The number of fused-ring (bicyclic) bond motifs is 2. The third kappa shape index (κ3) is 5.58. The Morgan fingerprint density at radius 3 is 1.96 bits per heavy atom. The monoisotopic (exact) mass is 904 g/mol. The molecule has 0 bridgehead atoms. The summed E-state index contributed by atoms with van der Waals surface area (Å²) in [6.45, 7) is -0.493. The first-order valence-corrected chi connectivity index (χ1v) is 17.5. The van der Waals surface area contributed by atoms with Crippen LogP contribution in [0.1, 0.15) is 21.0 Å². The van der Waals surface area contributed by atoms with Gasteiger partial charge in [0.25, 0.3) is 11.8 Å². The van der Waals surface area contributed by atoms with Crippen LogP contribution in [-0.2, 0) is 19.3 Å². The highest BCUT2D eigenvalue weighted by Crippen LogP contribution is 2.58. The lowest BCUT2D eigenvalue weighted by molar-refractivity contribution is -0.241. The summed E-state index contributed by atoms with van der Waals surface area (Å²) in [5.74, 6) is -4.64. The highest BCUT2D eigenvalue weighted by Gasteiger charge is 2.78. The second-order valence-electron chi connectivity index (χ2n) is 10.7. The zero-order valence-electron chi connectivity index (χ0n) is 22.3. The molecule has 2 aromatic rings. The summed E-state index contributed by atoms with van der Waals surface area (Å²) in [6.07, 6.45) is -4.22. The van der Waals surface area contributed by atoms with Gasteiger partial charge in [-0.2, -0.15) is 8.42 Å². The zero-order chi connectivity index (χ0) is 32.6. The lowest BCUT2D eigenvalue weighted by atomic mass is 9.71. The van der Waals surface area contributed by atoms with Crippen LogP contribution >= 0.6 is 63.7 Å². The number of nitrogens with zero attached hydrogens (tertiary/aromatic N) is 2. The number of ether oxygens (including phenoxy) is 1. The molecule has 6 rings (SSSR count). The van der Waals surface area contributed by atoms with Crippen LogP contribution in [0.5, 0.6) is 0 Å². The number of aromatic amines is 2. The Kier molecular flexibility index (Phi) is 8.33. The maximum Gasteiger partial charge on any atom is 0.397 e. The molecule has 45 heavy (non-hydrogen) atoms. The van der Waals surface area contributed by atoms with Crippen molar-refractivity contribution in [2.24, 2.45) is 39.2 Å². The molecule has 1 saturated carbocycles. The number of nitrogens with two attached hydrogens (primary N) is 2. The highest BCUT2D eigenvalue weighted by atomic mass is 79.9. The van der Waals surface area contributed by atoms with Gasteiger partial charge in [-0.3, -0.25) is 14.1 Å². The fraction of sp³-hybridized carbons (Fsp3) is 0.455. The number of aliphatic hydroxyl groups is 1. The quantitative estimate of drug-likeness (QED) is 0.151. The van der Waals surface area contributed by atoms with Gasteiger partial charge in [0, 0.05) is 24.9 Å². The Hall–Kier alpha value is -2.25. The number of aromatic nitrogens is 2. The fourth-order valence-corrected chi connectivity index (χ4v) is 8.54. The van der Waals surface area contributed by atoms with Crippen molar-refractivity contribution in [3.8, 4) is 0 Å². The average Bonchev–Trinajstić information content (AvgIpc) is 3.69. The van der Waals surface area contributed by atoms with Crippen molar-refractivity contribution < 1.29 is 36.6 Å². The molecule has 8 unspecified atom stereocenters. The van der Waals surface area contributed by atoms with Gasteiger partial charge in [0.2, 0.25) is 6.23 Å². The van der Waals surface area contributed by atoms with E-state index < -0.39 is 69.8 Å². The molecule has 18 nitrogen and oxygen atoms in total. The smallest absolute Gasteiger partial charge is 0.370 e. The summed E-state index contributed by atoms with van der Waals surface area (Å²) in [6, 6.07) is 3.06. The number of aliphatic imine (C=N–C) groups is 2. The molecule has 244 valence electrons. The number of rotatable bonds is 8. The van der Waals surface area contributed by atoms with Crippen molar-refractivity contribution in [3.63, 3.8) is 0 Å². The molecular formula is C22H24Br4N10O8S. The van der Waals surface area contributed by atoms with Gasteiger partial charge in [-0.1, -0.05) is 0 Å². The molecule has 12 N–H and O–H groups in total. The van der Waals surface area contributed by atoms with Gasteiger partial charge in [-0.25, -0.2) is 14.2 Å². The number of halogens is 4. The standard InChI is InChI=1S/C22H24Br4N10O8S/c23-7-1-9(31-13(7)25)15(37)29-3-5-6(4-30-16(38)10-2-8(24)14(26)32-10)12(44-45(40,41)42)21-11(5)22(39)18(34-20(28)36-22)43-17(21)33-19(27)35-21/h1-2,5-6,11-12,17-18,31-32,39H,3-4H2,(H,29,37)(H,30,38)(H3,27,33,35)(H3,28,34,36)(H,40,41,42). The van der Waals surface area contributed by atoms with Crippen molar-refractivity contribution >= 4 is 97.9 Å². The van der Waals surface area contributed by atoms with E-state index in [9.17, 15) is 27.7 Å². The number of nitrogens with one attached hydrogen (secondary N) is 6. The summed E-state index contributed by atoms with van der Waals surface area (Å²) in [5.41, 5.74) is 8.47. The largest absolute Gasteiger partial charge is 0.397 e. The van der Waals surface area contributed by atoms with Gasteiger partial charge < -0.3 is 52.5 Å². The number of carbonyl (C=O) groups is 2. The van der Waals surface area contributed by atoms with E-state index in [0.717, 1.165) is 0 Å². The van der Waals surface area contributed by atoms with Crippen molar-refractivity contribution in [2.75, 3.05) is 13.1 Å². The van der Waals surface area contributed by atoms with Crippen molar-refractivity contribution in [1.29, 1.82) is 0 Å². The lowest BCUT2D eigenvalue weighted by Crippen LogP contribution is -2.76. The minimum absolute atomic E-state index is 0.160. The van der Waals surface area contributed by atoms with E-state index in [1.807, 2.05) is 0 Å². The Balaban J connectivity index is 1.42.